The Kier molecular flexibility index (Phi) is 5.69. The Labute approximate surface area is 171 Å². The highest BCUT2D eigenvalue weighted by Gasteiger charge is 2.33. The monoisotopic (exact) mass is 497 g/mol. The van der Waals surface area contributed by atoms with E-state index in [1.807, 2.05) is 0 Å². The van der Waals surface area contributed by atoms with Crippen LogP contribution in [0.3, 0.4) is 0 Å². The molecule has 0 saturated heterocycles. The number of pyridine rings is 2. The average Bonchev–Trinajstić information content (AvgIpc) is 3.04. The van der Waals surface area contributed by atoms with E-state index in [1.54, 1.807) is 0 Å². The molecule has 2 aliphatic heterocycles. The third-order valence-corrected chi connectivity index (χ3v) is 6.29. The van der Waals surface area contributed by atoms with Gasteiger partial charge >= 0.3 is 6.18 Å². The molecule has 0 aromatic carbocycles. The van der Waals surface area contributed by atoms with Crippen molar-refractivity contribution in [2.45, 2.75) is 31.0 Å². The molecule has 0 unspecified atom stereocenters. The first-order valence-electron chi connectivity index (χ1n) is 8.17. The zero-order valence-corrected chi connectivity index (χ0v) is 17.1. The smallest absolute Gasteiger partial charge is 0.340 e. The Morgan fingerprint density at radius 2 is 1.86 bits per heavy atom. The van der Waals surface area contributed by atoms with Gasteiger partial charge in [-0.05, 0) is 34.1 Å². The van der Waals surface area contributed by atoms with Crippen LogP contribution in [0.1, 0.15) is 12.5 Å². The second kappa shape index (κ2) is 7.63. The second-order valence-corrected chi connectivity index (χ2v) is 9.25. The molecule has 29 heavy (non-hydrogen) atoms. The highest BCUT2D eigenvalue weighted by atomic mass is 79.9. The van der Waals surface area contributed by atoms with Crippen LogP contribution in [-0.4, -0.2) is 35.1 Å². The van der Waals surface area contributed by atoms with E-state index in [2.05, 4.69) is 25.9 Å². The van der Waals surface area contributed by atoms with Crippen molar-refractivity contribution in [1.29, 1.82) is 0 Å². The van der Waals surface area contributed by atoms with Crippen LogP contribution in [0.25, 0.3) is 22.8 Å². The molecule has 3 rings (SSSR count). The lowest BCUT2D eigenvalue weighted by atomic mass is 10.2. The average molecular weight is 498 g/mol. The number of hydrogen-bond acceptors (Lipinski definition) is 4. The van der Waals surface area contributed by atoms with Gasteiger partial charge in [0.1, 0.15) is 5.69 Å². The number of rotatable bonds is 5. The molecule has 2 aliphatic rings. The molecule has 0 radical (unpaired) electrons. The first-order chi connectivity index (χ1) is 13.4. The van der Waals surface area contributed by atoms with Crippen molar-refractivity contribution >= 4 is 25.8 Å². The summed E-state index contributed by atoms with van der Waals surface area (Å²) in [7, 11) is -3.74. The predicted octanol–water partition coefficient (Wildman–Crippen LogP) is 4.89. The summed E-state index contributed by atoms with van der Waals surface area (Å²) in [4.78, 5) is 7.95. The summed E-state index contributed by atoms with van der Waals surface area (Å²) in [6.45, 7) is 0.459. The molecule has 0 aliphatic carbocycles. The Morgan fingerprint density at radius 1 is 1.17 bits per heavy atom. The van der Waals surface area contributed by atoms with Crippen molar-refractivity contribution in [3.05, 3.63) is 40.6 Å². The first kappa shape index (κ1) is 21.6. The van der Waals surface area contributed by atoms with Gasteiger partial charge in [0.15, 0.2) is 9.84 Å². The van der Waals surface area contributed by atoms with Gasteiger partial charge in [-0.1, -0.05) is 6.92 Å². The number of hydrogen-bond donors (Lipinski definition) is 0. The maximum Gasteiger partial charge on any atom is 0.417 e. The zero-order chi connectivity index (χ0) is 21.6. The molecule has 0 N–H and O–H groups in total. The molecule has 156 valence electrons. The minimum absolute atomic E-state index is 0.0119. The molecule has 0 saturated carbocycles. The SMILES string of the molecule is CCS(=O)(=O)c1cc(Br)cnc1-c1cc2n(CC(F)F)cc(C(F)(F)F)cc-2n1. The van der Waals surface area contributed by atoms with E-state index in [0.29, 0.717) is 10.7 Å². The van der Waals surface area contributed by atoms with E-state index in [9.17, 15) is 30.4 Å². The molecular formula is C17H13BrF5N3O2S. The Balaban J connectivity index is 2.27. The fraction of sp³-hybridized carbons (Fsp3) is 0.294. The lowest BCUT2D eigenvalue weighted by Gasteiger charge is -2.15. The normalized spacial score (nSPS) is 12.8. The standard InChI is InChI=1S/C17H13BrF5N3O2S/c1-2-29(27,28)14-4-10(18)6-24-16(14)12-5-13-11(25-12)3-9(17(21,22)23)7-26(13)8-15(19)20/h3-7,15H,2,8H2,1H3. The summed E-state index contributed by atoms with van der Waals surface area (Å²) < 4.78 is 91.2. The van der Waals surface area contributed by atoms with E-state index >= 15 is 0 Å². The van der Waals surface area contributed by atoms with Gasteiger partial charge in [0.2, 0.25) is 0 Å². The number of sulfone groups is 1. The van der Waals surface area contributed by atoms with Crippen LogP contribution in [0.15, 0.2) is 40.0 Å². The summed E-state index contributed by atoms with van der Waals surface area (Å²) in [6.07, 6.45) is -5.76. The molecule has 12 heteroatoms. The van der Waals surface area contributed by atoms with E-state index in [4.69, 9.17) is 0 Å². The number of fused-ring (bicyclic) bond motifs is 1. The molecule has 1 aromatic heterocycles. The molecule has 0 atom stereocenters. The molecule has 5 nitrogen and oxygen atoms in total. The highest BCUT2D eigenvalue weighted by molar-refractivity contribution is 9.10. The summed E-state index contributed by atoms with van der Waals surface area (Å²) in [6, 6.07) is 3.30. The van der Waals surface area contributed by atoms with Crippen LogP contribution in [0.5, 0.6) is 0 Å². The van der Waals surface area contributed by atoms with Crippen LogP contribution in [0.4, 0.5) is 22.0 Å². The summed E-state index contributed by atoms with van der Waals surface area (Å²) in [5, 5.41) is 0. The number of halogens is 6. The van der Waals surface area contributed by atoms with Gasteiger partial charge in [-0.15, -0.1) is 0 Å². The van der Waals surface area contributed by atoms with E-state index in [0.717, 1.165) is 10.6 Å². The van der Waals surface area contributed by atoms with Crippen LogP contribution >= 0.6 is 15.9 Å². The van der Waals surface area contributed by atoms with Gasteiger partial charge in [0, 0.05) is 16.9 Å². The topological polar surface area (TPSA) is 64.8 Å². The summed E-state index contributed by atoms with van der Waals surface area (Å²) in [5.41, 5.74) is -1.41. The zero-order valence-electron chi connectivity index (χ0n) is 14.7. The van der Waals surface area contributed by atoms with Crippen molar-refractivity contribution in [1.82, 2.24) is 14.5 Å². The Bertz CT molecular complexity index is 1130. The van der Waals surface area contributed by atoms with Gasteiger partial charge in [-0.3, -0.25) is 4.98 Å². The summed E-state index contributed by atoms with van der Waals surface area (Å²) >= 11 is 3.14. The fourth-order valence-corrected chi connectivity index (χ4v) is 4.31. The quantitative estimate of drug-likeness (QED) is 0.470. The molecule has 0 bridgehead atoms. The largest absolute Gasteiger partial charge is 0.417 e. The Morgan fingerprint density at radius 3 is 2.45 bits per heavy atom. The van der Waals surface area contributed by atoms with E-state index in [1.165, 1.54) is 25.3 Å². The first-order valence-corrected chi connectivity index (χ1v) is 10.6. The van der Waals surface area contributed by atoms with E-state index < -0.39 is 34.5 Å². The van der Waals surface area contributed by atoms with Crippen LogP contribution in [0, 0.1) is 0 Å². The van der Waals surface area contributed by atoms with Crippen molar-refractivity contribution in [3.8, 4) is 22.8 Å². The van der Waals surface area contributed by atoms with Gasteiger partial charge in [-0.25, -0.2) is 22.2 Å². The minimum Gasteiger partial charge on any atom is -0.340 e. The van der Waals surface area contributed by atoms with Gasteiger partial charge in [0.25, 0.3) is 6.43 Å². The summed E-state index contributed by atoms with van der Waals surface area (Å²) in [5.74, 6) is -0.234. The lowest BCUT2D eigenvalue weighted by Crippen LogP contribution is -2.14. The van der Waals surface area contributed by atoms with E-state index in [-0.39, 0.29) is 33.4 Å². The van der Waals surface area contributed by atoms with Gasteiger partial charge in [0.05, 0.1) is 39.8 Å². The molecular weight excluding hydrogens is 485 g/mol. The maximum absolute atomic E-state index is 13.1. The van der Waals surface area contributed by atoms with Crippen molar-refractivity contribution in [2.24, 2.45) is 0 Å². The number of aromatic nitrogens is 3. The predicted molar refractivity (Wildman–Crippen MR) is 98.5 cm³/mol. The van der Waals surface area contributed by atoms with Crippen molar-refractivity contribution in [2.75, 3.05) is 5.75 Å². The molecule has 1 aromatic rings. The van der Waals surface area contributed by atoms with Crippen molar-refractivity contribution < 1.29 is 30.4 Å². The number of nitrogens with zero attached hydrogens (tertiary/aromatic N) is 3. The third-order valence-electron chi connectivity index (χ3n) is 4.11. The van der Waals surface area contributed by atoms with Gasteiger partial charge < -0.3 is 4.57 Å². The fourth-order valence-electron chi connectivity index (χ4n) is 2.76. The van der Waals surface area contributed by atoms with Gasteiger partial charge in [-0.2, -0.15) is 13.2 Å². The van der Waals surface area contributed by atoms with Crippen LogP contribution in [-0.2, 0) is 22.6 Å². The van der Waals surface area contributed by atoms with Crippen LogP contribution in [0.2, 0.25) is 0 Å². The molecule has 0 spiro atoms. The van der Waals surface area contributed by atoms with Crippen LogP contribution < -0.4 is 0 Å². The number of alkyl halides is 5. The molecule has 0 fully saturated rings. The lowest BCUT2D eigenvalue weighted by molar-refractivity contribution is -0.138. The third kappa shape index (κ3) is 4.42. The Hall–Kier alpha value is -2.08. The minimum atomic E-state index is -4.76. The highest BCUT2D eigenvalue weighted by Crippen LogP contribution is 2.37. The molecule has 3 heterocycles. The second-order valence-electron chi connectivity index (χ2n) is 6.09. The van der Waals surface area contributed by atoms with Crippen molar-refractivity contribution in [3.63, 3.8) is 0 Å². The maximum atomic E-state index is 13.1. The molecule has 0 amide bonds.